The van der Waals surface area contributed by atoms with E-state index in [9.17, 15) is 4.79 Å². The Morgan fingerprint density at radius 1 is 1.38 bits per heavy atom. The summed E-state index contributed by atoms with van der Waals surface area (Å²) < 4.78 is 5.15. The van der Waals surface area contributed by atoms with Gasteiger partial charge in [-0.25, -0.2) is 5.01 Å². The van der Waals surface area contributed by atoms with Crippen LogP contribution in [0.15, 0.2) is 11.6 Å². The highest BCUT2D eigenvalue weighted by atomic mass is 16.5. The molecule has 0 radical (unpaired) electrons. The van der Waals surface area contributed by atoms with Gasteiger partial charge in [-0.15, -0.1) is 0 Å². The molecule has 1 aliphatic rings. The number of nitrogens with one attached hydrogen (secondary N) is 1. The second-order valence-corrected chi connectivity index (χ2v) is 3.30. The minimum atomic E-state index is -0.0538. The van der Waals surface area contributed by atoms with E-state index in [-0.39, 0.29) is 5.91 Å². The van der Waals surface area contributed by atoms with Crippen LogP contribution in [0.5, 0.6) is 0 Å². The van der Waals surface area contributed by atoms with Crippen molar-refractivity contribution >= 4 is 5.91 Å². The molecule has 0 aromatic rings. The van der Waals surface area contributed by atoms with Crippen LogP contribution in [0.25, 0.3) is 0 Å². The van der Waals surface area contributed by atoms with Crippen LogP contribution in [-0.2, 0) is 9.53 Å². The molecule has 1 N–H and O–H groups in total. The molecule has 1 rings (SSSR count). The van der Waals surface area contributed by atoms with Crippen LogP contribution in [0.4, 0.5) is 0 Å². The zero-order chi connectivity index (χ0) is 9.68. The molecule has 0 atom stereocenters. The van der Waals surface area contributed by atoms with Crippen molar-refractivity contribution in [3.8, 4) is 0 Å². The molecule has 0 spiro atoms. The van der Waals surface area contributed by atoms with Crippen molar-refractivity contribution in [1.82, 2.24) is 10.4 Å². The van der Waals surface area contributed by atoms with Crippen molar-refractivity contribution in [2.45, 2.75) is 13.8 Å². The van der Waals surface area contributed by atoms with Gasteiger partial charge in [-0.1, -0.05) is 5.57 Å². The van der Waals surface area contributed by atoms with Crippen molar-refractivity contribution in [1.29, 1.82) is 0 Å². The topological polar surface area (TPSA) is 41.6 Å². The lowest BCUT2D eigenvalue weighted by Crippen LogP contribution is -2.47. The van der Waals surface area contributed by atoms with Gasteiger partial charge in [0.05, 0.1) is 13.2 Å². The number of allylic oxidation sites excluding steroid dienone is 1. The Bertz CT molecular complexity index is 204. The predicted molar refractivity (Wildman–Crippen MR) is 50.0 cm³/mol. The van der Waals surface area contributed by atoms with Gasteiger partial charge in [-0.05, 0) is 13.8 Å². The molecule has 1 fully saturated rings. The smallest absolute Gasteiger partial charge is 0.258 e. The van der Waals surface area contributed by atoms with Crippen LogP contribution in [0.2, 0.25) is 0 Å². The van der Waals surface area contributed by atoms with E-state index in [4.69, 9.17) is 4.74 Å². The van der Waals surface area contributed by atoms with E-state index in [1.807, 2.05) is 18.9 Å². The van der Waals surface area contributed by atoms with Gasteiger partial charge in [0, 0.05) is 19.2 Å². The van der Waals surface area contributed by atoms with Gasteiger partial charge >= 0.3 is 0 Å². The molecule has 0 aliphatic carbocycles. The van der Waals surface area contributed by atoms with Crippen LogP contribution >= 0.6 is 0 Å². The Morgan fingerprint density at radius 3 is 2.54 bits per heavy atom. The normalized spacial score (nSPS) is 18.0. The van der Waals surface area contributed by atoms with Gasteiger partial charge in [-0.2, -0.15) is 0 Å². The molecule has 1 heterocycles. The van der Waals surface area contributed by atoms with Crippen molar-refractivity contribution in [3.63, 3.8) is 0 Å². The van der Waals surface area contributed by atoms with E-state index in [0.717, 1.165) is 18.7 Å². The van der Waals surface area contributed by atoms with Gasteiger partial charge in [0.15, 0.2) is 0 Å². The fraction of sp³-hybridized carbons (Fsp3) is 0.667. The molecule has 0 aromatic heterocycles. The minimum Gasteiger partial charge on any atom is -0.379 e. The molecule has 1 aliphatic heterocycles. The third kappa shape index (κ3) is 4.05. The number of rotatable bonds is 2. The Hall–Kier alpha value is -0.870. The summed E-state index contributed by atoms with van der Waals surface area (Å²) in [5.41, 5.74) is 3.79. The first-order valence-electron chi connectivity index (χ1n) is 4.46. The molecule has 0 unspecified atom stereocenters. The highest BCUT2D eigenvalue weighted by Crippen LogP contribution is 1.93. The maximum Gasteiger partial charge on any atom is 0.258 e. The number of carbonyl (C=O) groups is 1. The minimum absolute atomic E-state index is 0.0538. The molecular weight excluding hydrogens is 168 g/mol. The Balaban J connectivity index is 2.30. The molecule has 0 saturated carbocycles. The molecule has 4 heteroatoms. The Kier molecular flexibility index (Phi) is 3.92. The van der Waals surface area contributed by atoms with Crippen molar-refractivity contribution in [2.75, 3.05) is 26.3 Å². The monoisotopic (exact) mass is 184 g/mol. The first-order chi connectivity index (χ1) is 6.18. The summed E-state index contributed by atoms with van der Waals surface area (Å²) in [5, 5.41) is 1.88. The lowest BCUT2D eigenvalue weighted by Gasteiger charge is -2.26. The quantitative estimate of drug-likeness (QED) is 0.628. The number of nitrogens with zero attached hydrogens (tertiary/aromatic N) is 1. The number of morpholine rings is 1. The van der Waals surface area contributed by atoms with Crippen LogP contribution < -0.4 is 5.43 Å². The van der Waals surface area contributed by atoms with Crippen LogP contribution in [0.3, 0.4) is 0 Å². The standard InChI is InChI=1S/C9H16N2O2/c1-8(2)7-9(12)10-11-3-5-13-6-4-11/h7H,3-6H2,1-2H3,(H,10,12). The van der Waals surface area contributed by atoms with Crippen LogP contribution in [-0.4, -0.2) is 37.2 Å². The van der Waals surface area contributed by atoms with Crippen molar-refractivity contribution in [3.05, 3.63) is 11.6 Å². The van der Waals surface area contributed by atoms with E-state index in [1.165, 1.54) is 0 Å². The van der Waals surface area contributed by atoms with Crippen LogP contribution in [0, 0.1) is 0 Å². The molecule has 0 bridgehead atoms. The van der Waals surface area contributed by atoms with E-state index < -0.39 is 0 Å². The van der Waals surface area contributed by atoms with Gasteiger partial charge in [0.1, 0.15) is 0 Å². The Morgan fingerprint density at radius 2 is 2.00 bits per heavy atom. The van der Waals surface area contributed by atoms with Gasteiger partial charge in [-0.3, -0.25) is 10.2 Å². The summed E-state index contributed by atoms with van der Waals surface area (Å²) in [6, 6.07) is 0. The summed E-state index contributed by atoms with van der Waals surface area (Å²) in [5.74, 6) is -0.0538. The summed E-state index contributed by atoms with van der Waals surface area (Å²) in [7, 11) is 0. The van der Waals surface area contributed by atoms with E-state index >= 15 is 0 Å². The average molecular weight is 184 g/mol. The third-order valence-corrected chi connectivity index (χ3v) is 1.70. The van der Waals surface area contributed by atoms with Crippen molar-refractivity contribution in [2.24, 2.45) is 0 Å². The molecular formula is C9H16N2O2. The van der Waals surface area contributed by atoms with Gasteiger partial charge < -0.3 is 4.74 Å². The average Bonchev–Trinajstić information content (AvgIpc) is 2.04. The second-order valence-electron chi connectivity index (χ2n) is 3.30. The highest BCUT2D eigenvalue weighted by Gasteiger charge is 2.10. The molecule has 0 aromatic carbocycles. The summed E-state index contributed by atoms with van der Waals surface area (Å²) in [6.45, 7) is 6.71. The summed E-state index contributed by atoms with van der Waals surface area (Å²) >= 11 is 0. The number of ether oxygens (including phenoxy) is 1. The lowest BCUT2D eigenvalue weighted by atomic mass is 10.3. The zero-order valence-electron chi connectivity index (χ0n) is 8.17. The molecule has 74 valence electrons. The molecule has 13 heavy (non-hydrogen) atoms. The van der Waals surface area contributed by atoms with Gasteiger partial charge in [0.2, 0.25) is 0 Å². The fourth-order valence-corrected chi connectivity index (χ4v) is 1.13. The highest BCUT2D eigenvalue weighted by molar-refractivity contribution is 5.87. The summed E-state index contributed by atoms with van der Waals surface area (Å²) in [6.07, 6.45) is 1.59. The first kappa shape index (κ1) is 10.2. The largest absolute Gasteiger partial charge is 0.379 e. The number of hydrogen-bond donors (Lipinski definition) is 1. The van der Waals surface area contributed by atoms with Crippen molar-refractivity contribution < 1.29 is 9.53 Å². The predicted octanol–water partition coefficient (Wildman–Crippen LogP) is 0.316. The first-order valence-corrected chi connectivity index (χ1v) is 4.46. The summed E-state index contributed by atoms with van der Waals surface area (Å²) in [4.78, 5) is 11.3. The molecule has 1 saturated heterocycles. The van der Waals surface area contributed by atoms with Gasteiger partial charge in [0.25, 0.3) is 5.91 Å². The number of carbonyl (C=O) groups excluding carboxylic acids is 1. The van der Waals surface area contributed by atoms with E-state index in [1.54, 1.807) is 6.08 Å². The Labute approximate surface area is 78.5 Å². The zero-order valence-corrected chi connectivity index (χ0v) is 8.17. The van der Waals surface area contributed by atoms with E-state index in [0.29, 0.717) is 13.2 Å². The van der Waals surface area contributed by atoms with E-state index in [2.05, 4.69) is 5.43 Å². The molecule has 1 amide bonds. The maximum absolute atomic E-state index is 11.3. The number of hydrazine groups is 1. The lowest BCUT2D eigenvalue weighted by molar-refractivity contribution is -0.123. The van der Waals surface area contributed by atoms with Crippen LogP contribution in [0.1, 0.15) is 13.8 Å². The third-order valence-electron chi connectivity index (χ3n) is 1.70. The maximum atomic E-state index is 11.3. The second kappa shape index (κ2) is 4.99. The fourth-order valence-electron chi connectivity index (χ4n) is 1.13. The SMILES string of the molecule is CC(C)=CC(=O)NN1CCOCC1. The number of amides is 1. The molecule has 4 nitrogen and oxygen atoms in total. The number of hydrogen-bond acceptors (Lipinski definition) is 3.